The van der Waals surface area contributed by atoms with Crippen LogP contribution in [-0.2, 0) is 0 Å². The maximum absolute atomic E-state index is 8.92. The van der Waals surface area contributed by atoms with Crippen LogP contribution in [0, 0.1) is 0 Å². The first kappa shape index (κ1) is 27.4. The summed E-state index contributed by atoms with van der Waals surface area (Å²) in [7, 11) is 0. The second kappa shape index (κ2) is 13.3. The first-order valence-corrected chi connectivity index (χ1v) is 19.2. The van der Waals surface area contributed by atoms with Gasteiger partial charge in [0.25, 0.3) is 0 Å². The molecule has 0 unspecified atom stereocenters. The van der Waals surface area contributed by atoms with E-state index >= 15 is 0 Å². The van der Waals surface area contributed by atoms with Crippen LogP contribution in [-0.4, -0.2) is 19.5 Å². The maximum Gasteiger partial charge on any atom is 0.165 e. The summed E-state index contributed by atoms with van der Waals surface area (Å²) in [4.78, 5) is 15.0. The lowest BCUT2D eigenvalue weighted by molar-refractivity contribution is 1.07. The zero-order valence-electron chi connectivity index (χ0n) is 34.8. The molecule has 11 rings (SSSR count). The fourth-order valence-electron chi connectivity index (χ4n) is 7.77. The van der Waals surface area contributed by atoms with E-state index in [1.165, 1.54) is 0 Å². The molecular formula is C51H32N4S. The number of hydrogen-bond acceptors (Lipinski definition) is 4. The van der Waals surface area contributed by atoms with Gasteiger partial charge in [-0.2, -0.15) is 0 Å². The standard InChI is InChI=1S/C51H32N4S/c1-5-16-33(17-6-1)37-28-29-41-40-24-13-14-27-45(40)55(46(41)30-37)38-31-43-42-26-15-25-39(34-18-7-2-8-19-34)47(42)56-48(43)44(32-38)51-53-49(35-20-9-3-10-21-35)52-50(54-51)36-22-11-4-12-23-36/h1-32H/i3D,9D,10D,20D,21D. The summed E-state index contributed by atoms with van der Waals surface area (Å²) in [6.07, 6.45) is 0. The minimum atomic E-state index is -0.480. The Kier molecular flexibility index (Phi) is 6.49. The smallest absolute Gasteiger partial charge is 0.165 e. The lowest BCUT2D eigenvalue weighted by atomic mass is 10.0. The zero-order chi connectivity index (χ0) is 41.4. The van der Waals surface area contributed by atoms with Crippen molar-refractivity contribution in [3.8, 4) is 62.1 Å². The molecule has 5 heteroatoms. The van der Waals surface area contributed by atoms with Crippen molar-refractivity contribution < 1.29 is 6.85 Å². The van der Waals surface area contributed by atoms with Crippen LogP contribution in [0.15, 0.2) is 194 Å². The fourth-order valence-corrected chi connectivity index (χ4v) is 9.10. The lowest BCUT2D eigenvalue weighted by Crippen LogP contribution is -2.01. The molecule has 0 radical (unpaired) electrons. The minimum absolute atomic E-state index is 0.00476. The van der Waals surface area contributed by atoms with Crippen LogP contribution in [0.3, 0.4) is 0 Å². The normalized spacial score (nSPS) is 12.8. The molecule has 8 aromatic carbocycles. The van der Waals surface area contributed by atoms with Gasteiger partial charge >= 0.3 is 0 Å². The van der Waals surface area contributed by atoms with Gasteiger partial charge in [-0.3, -0.25) is 0 Å². The van der Waals surface area contributed by atoms with Gasteiger partial charge in [-0.25, -0.2) is 15.0 Å². The Morgan fingerprint density at radius 3 is 1.77 bits per heavy atom. The molecule has 3 aromatic heterocycles. The van der Waals surface area contributed by atoms with Gasteiger partial charge in [0.15, 0.2) is 17.5 Å². The molecular weight excluding hydrogens is 701 g/mol. The fraction of sp³-hybridized carbons (Fsp3) is 0. The average Bonchev–Trinajstić information content (AvgIpc) is 3.86. The summed E-state index contributed by atoms with van der Waals surface area (Å²) < 4.78 is 47.5. The van der Waals surface area contributed by atoms with Crippen molar-refractivity contribution in [3.05, 3.63) is 194 Å². The van der Waals surface area contributed by atoms with Crippen molar-refractivity contribution in [2.75, 3.05) is 0 Å². The van der Waals surface area contributed by atoms with Crippen molar-refractivity contribution in [3.63, 3.8) is 0 Å². The summed E-state index contributed by atoms with van der Waals surface area (Å²) in [5.41, 5.74) is 8.75. The van der Waals surface area contributed by atoms with Gasteiger partial charge in [0, 0.05) is 53.3 Å². The molecule has 0 atom stereocenters. The van der Waals surface area contributed by atoms with Crippen molar-refractivity contribution >= 4 is 53.3 Å². The number of fused-ring (bicyclic) bond motifs is 6. The number of benzene rings is 8. The van der Waals surface area contributed by atoms with Crippen LogP contribution >= 0.6 is 11.3 Å². The zero-order valence-corrected chi connectivity index (χ0v) is 30.6. The molecule has 0 fully saturated rings. The van der Waals surface area contributed by atoms with Gasteiger partial charge in [0.1, 0.15) is 0 Å². The Morgan fingerprint density at radius 2 is 1.00 bits per heavy atom. The van der Waals surface area contributed by atoms with E-state index in [1.54, 1.807) is 11.3 Å². The van der Waals surface area contributed by atoms with Crippen molar-refractivity contribution in [1.82, 2.24) is 19.5 Å². The second-order valence-corrected chi connectivity index (χ2v) is 14.7. The van der Waals surface area contributed by atoms with Crippen LogP contribution in [0.1, 0.15) is 6.85 Å². The van der Waals surface area contributed by atoms with Gasteiger partial charge in [-0.05, 0) is 46.5 Å². The first-order valence-electron chi connectivity index (χ1n) is 20.9. The van der Waals surface area contributed by atoms with Crippen LogP contribution in [0.5, 0.6) is 0 Å². The topological polar surface area (TPSA) is 43.6 Å². The summed E-state index contributed by atoms with van der Waals surface area (Å²) in [5, 5.41) is 4.34. The molecule has 262 valence electrons. The van der Waals surface area contributed by atoms with Crippen LogP contribution < -0.4 is 0 Å². The second-order valence-electron chi connectivity index (χ2n) is 13.6. The van der Waals surface area contributed by atoms with E-state index < -0.39 is 18.1 Å². The van der Waals surface area contributed by atoms with Gasteiger partial charge in [0.2, 0.25) is 0 Å². The Bertz CT molecular complexity index is 3500. The third kappa shape index (κ3) is 5.40. The van der Waals surface area contributed by atoms with Crippen LogP contribution in [0.4, 0.5) is 0 Å². The third-order valence-electron chi connectivity index (χ3n) is 10.3. The largest absolute Gasteiger partial charge is 0.309 e. The van der Waals surface area contributed by atoms with Crippen molar-refractivity contribution in [1.29, 1.82) is 0 Å². The molecule has 0 aliphatic heterocycles. The van der Waals surface area contributed by atoms with E-state index in [2.05, 4.69) is 114 Å². The third-order valence-corrected chi connectivity index (χ3v) is 11.6. The Hall–Kier alpha value is -7.21. The highest BCUT2D eigenvalue weighted by Crippen LogP contribution is 2.46. The van der Waals surface area contributed by atoms with E-state index in [0.717, 1.165) is 75.5 Å². The van der Waals surface area contributed by atoms with E-state index in [0.29, 0.717) is 17.2 Å². The monoisotopic (exact) mass is 737 g/mol. The molecule has 0 amide bonds. The molecule has 0 N–H and O–H groups in total. The van der Waals surface area contributed by atoms with Crippen LogP contribution in [0.2, 0.25) is 0 Å². The van der Waals surface area contributed by atoms with E-state index in [1.807, 2.05) is 54.6 Å². The summed E-state index contributed by atoms with van der Waals surface area (Å²) in [6.45, 7) is 0. The van der Waals surface area contributed by atoms with E-state index in [4.69, 9.17) is 21.8 Å². The van der Waals surface area contributed by atoms with Crippen molar-refractivity contribution in [2.45, 2.75) is 0 Å². The molecule has 11 aromatic rings. The number of nitrogens with zero attached hydrogens (tertiary/aromatic N) is 4. The molecule has 0 aliphatic rings. The number of para-hydroxylation sites is 1. The predicted octanol–water partition coefficient (Wildman–Crippen LogP) is 13.7. The Balaban J connectivity index is 1.27. The highest BCUT2D eigenvalue weighted by molar-refractivity contribution is 7.26. The van der Waals surface area contributed by atoms with E-state index in [9.17, 15) is 0 Å². The predicted molar refractivity (Wildman–Crippen MR) is 234 cm³/mol. The highest BCUT2D eigenvalue weighted by atomic mass is 32.1. The molecule has 4 nitrogen and oxygen atoms in total. The van der Waals surface area contributed by atoms with Crippen molar-refractivity contribution in [2.24, 2.45) is 0 Å². The average molecular weight is 738 g/mol. The molecule has 3 heterocycles. The SMILES string of the molecule is [2H]c1c([2H])c([2H])c(-c2nc(-c3ccccc3)nc(-c3cc(-n4c5ccccc5c5ccc(-c6ccccc6)cc54)cc4c3sc3c(-c5ccccc5)cccc34)n2)c([2H])c1[2H]. The lowest BCUT2D eigenvalue weighted by Gasteiger charge is -2.13. The maximum atomic E-state index is 8.92. The Labute approximate surface area is 334 Å². The summed E-state index contributed by atoms with van der Waals surface area (Å²) in [6, 6.07) is 53.9. The molecule has 0 spiro atoms. The molecule has 0 saturated heterocycles. The first-order chi connectivity index (χ1) is 29.8. The summed E-state index contributed by atoms with van der Waals surface area (Å²) in [5.74, 6) is 0.636. The van der Waals surface area contributed by atoms with Crippen LogP contribution in [0.25, 0.3) is 104 Å². The van der Waals surface area contributed by atoms with E-state index in [-0.39, 0.29) is 23.5 Å². The number of rotatable bonds is 6. The quantitative estimate of drug-likeness (QED) is 0.171. The molecule has 56 heavy (non-hydrogen) atoms. The molecule has 0 aliphatic carbocycles. The number of hydrogen-bond donors (Lipinski definition) is 0. The molecule has 0 saturated carbocycles. The minimum Gasteiger partial charge on any atom is -0.309 e. The summed E-state index contributed by atoms with van der Waals surface area (Å²) >= 11 is 1.67. The van der Waals surface area contributed by atoms with Gasteiger partial charge in [-0.15, -0.1) is 11.3 Å². The van der Waals surface area contributed by atoms with Gasteiger partial charge < -0.3 is 4.57 Å². The number of thiophene rings is 1. The van der Waals surface area contributed by atoms with Gasteiger partial charge in [0.05, 0.1) is 17.9 Å². The molecule has 0 bridgehead atoms. The van der Waals surface area contributed by atoms with Gasteiger partial charge in [-0.1, -0.05) is 170 Å². The highest BCUT2D eigenvalue weighted by Gasteiger charge is 2.22. The number of aromatic nitrogens is 4. The Morgan fingerprint density at radius 1 is 0.393 bits per heavy atom.